The molecule has 0 fully saturated rings. The van der Waals surface area contributed by atoms with Crippen LogP contribution in [-0.2, 0) is 6.54 Å². The van der Waals surface area contributed by atoms with Gasteiger partial charge < -0.3 is 10.3 Å². The first-order valence-electron chi connectivity index (χ1n) is 5.37. The van der Waals surface area contributed by atoms with Gasteiger partial charge in [0.15, 0.2) is 0 Å². The lowest BCUT2D eigenvalue weighted by atomic mass is 10.1. The summed E-state index contributed by atoms with van der Waals surface area (Å²) in [4.78, 5) is 4.12. The zero-order valence-corrected chi connectivity index (χ0v) is 9.40. The van der Waals surface area contributed by atoms with Gasteiger partial charge in [-0.1, -0.05) is 13.8 Å². The summed E-state index contributed by atoms with van der Waals surface area (Å²) >= 11 is 0. The van der Waals surface area contributed by atoms with E-state index < -0.39 is 0 Å². The first kappa shape index (κ1) is 11.2. The second-order valence-corrected chi connectivity index (χ2v) is 4.34. The Balaban J connectivity index is 2.46. The molecule has 80 valence electrons. The Bertz CT molecular complexity index is 263. The molecule has 1 aromatic rings. The molecule has 14 heavy (non-hydrogen) atoms. The van der Waals surface area contributed by atoms with Crippen molar-refractivity contribution in [1.29, 1.82) is 0 Å². The molecule has 0 amide bonds. The zero-order chi connectivity index (χ0) is 10.6. The average Bonchev–Trinajstić information content (AvgIpc) is 2.51. The maximum Gasteiger partial charge on any atom is 0.0948 e. The van der Waals surface area contributed by atoms with Gasteiger partial charge in [-0.25, -0.2) is 4.98 Å². The van der Waals surface area contributed by atoms with Gasteiger partial charge in [-0.3, -0.25) is 0 Å². The van der Waals surface area contributed by atoms with Crippen LogP contribution in [0, 0.1) is 5.92 Å². The fourth-order valence-corrected chi connectivity index (χ4v) is 1.57. The molecule has 1 heterocycles. The van der Waals surface area contributed by atoms with E-state index >= 15 is 0 Å². The van der Waals surface area contributed by atoms with E-state index in [0.717, 1.165) is 18.2 Å². The van der Waals surface area contributed by atoms with E-state index in [4.69, 9.17) is 5.73 Å². The summed E-state index contributed by atoms with van der Waals surface area (Å²) < 4.78 is 2.16. The molecule has 0 aliphatic carbocycles. The predicted molar refractivity (Wildman–Crippen MR) is 58.9 cm³/mol. The van der Waals surface area contributed by atoms with Crippen LogP contribution < -0.4 is 5.73 Å². The highest BCUT2D eigenvalue weighted by Crippen LogP contribution is 2.11. The predicted octanol–water partition coefficient (Wildman–Crippen LogP) is 2.34. The van der Waals surface area contributed by atoms with E-state index in [-0.39, 0.29) is 6.04 Å². The molecule has 0 saturated carbocycles. The van der Waals surface area contributed by atoms with Gasteiger partial charge >= 0.3 is 0 Å². The summed E-state index contributed by atoms with van der Waals surface area (Å²) in [5, 5.41) is 0. The number of nitrogens with two attached hydrogens (primary N) is 1. The van der Waals surface area contributed by atoms with Crippen molar-refractivity contribution in [1.82, 2.24) is 9.55 Å². The van der Waals surface area contributed by atoms with E-state index in [0.29, 0.717) is 0 Å². The summed E-state index contributed by atoms with van der Waals surface area (Å²) in [7, 11) is 0. The number of aryl methyl sites for hydroxylation is 1. The molecule has 2 N–H and O–H groups in total. The minimum absolute atomic E-state index is 0.0801. The maximum absolute atomic E-state index is 5.83. The van der Waals surface area contributed by atoms with Crippen LogP contribution in [0.4, 0.5) is 0 Å². The third-order valence-electron chi connectivity index (χ3n) is 2.39. The summed E-state index contributed by atoms with van der Waals surface area (Å²) in [6, 6.07) is 0.0801. The van der Waals surface area contributed by atoms with Crippen LogP contribution in [0.25, 0.3) is 0 Å². The zero-order valence-electron chi connectivity index (χ0n) is 9.40. The molecule has 3 heteroatoms. The molecule has 0 saturated heterocycles. The van der Waals surface area contributed by atoms with Crippen molar-refractivity contribution in [3.8, 4) is 0 Å². The Labute approximate surface area is 86.3 Å². The highest BCUT2D eigenvalue weighted by atomic mass is 15.1. The largest absolute Gasteiger partial charge is 0.333 e. The molecule has 0 spiro atoms. The van der Waals surface area contributed by atoms with Gasteiger partial charge in [-0.05, 0) is 25.7 Å². The molecule has 0 aromatic carbocycles. The number of imidazole rings is 1. The van der Waals surface area contributed by atoms with E-state index in [2.05, 4.69) is 23.4 Å². The van der Waals surface area contributed by atoms with Crippen LogP contribution in [0.3, 0.4) is 0 Å². The van der Waals surface area contributed by atoms with E-state index in [1.807, 2.05) is 19.4 Å². The minimum Gasteiger partial charge on any atom is -0.333 e. The van der Waals surface area contributed by atoms with Crippen molar-refractivity contribution < 1.29 is 0 Å². The van der Waals surface area contributed by atoms with Crippen LogP contribution in [-0.4, -0.2) is 9.55 Å². The molecule has 0 aliphatic rings. The Kier molecular flexibility index (Phi) is 4.14. The van der Waals surface area contributed by atoms with Crippen molar-refractivity contribution in [3.05, 3.63) is 18.2 Å². The van der Waals surface area contributed by atoms with Crippen molar-refractivity contribution in [2.45, 2.75) is 46.2 Å². The van der Waals surface area contributed by atoms with E-state index in [9.17, 15) is 0 Å². The van der Waals surface area contributed by atoms with Gasteiger partial charge in [-0.15, -0.1) is 0 Å². The Hall–Kier alpha value is -0.830. The maximum atomic E-state index is 5.83. The molecule has 1 rings (SSSR count). The van der Waals surface area contributed by atoms with E-state index in [1.54, 1.807) is 0 Å². The topological polar surface area (TPSA) is 43.8 Å². The van der Waals surface area contributed by atoms with Crippen LogP contribution in [0.2, 0.25) is 0 Å². The van der Waals surface area contributed by atoms with Crippen molar-refractivity contribution in [2.75, 3.05) is 0 Å². The lowest BCUT2D eigenvalue weighted by Crippen LogP contribution is -2.12. The third kappa shape index (κ3) is 3.14. The second kappa shape index (κ2) is 5.15. The van der Waals surface area contributed by atoms with Gasteiger partial charge in [0, 0.05) is 18.8 Å². The molecular weight excluding hydrogens is 174 g/mol. The lowest BCUT2D eigenvalue weighted by molar-refractivity contribution is 0.500. The number of nitrogens with zero attached hydrogens (tertiary/aromatic N) is 2. The first-order chi connectivity index (χ1) is 6.61. The van der Waals surface area contributed by atoms with Crippen LogP contribution in [0.1, 0.15) is 45.3 Å². The summed E-state index contributed by atoms with van der Waals surface area (Å²) in [6.07, 6.45) is 6.20. The highest BCUT2D eigenvalue weighted by molar-refractivity contribution is 5.02. The molecule has 0 bridgehead atoms. The van der Waals surface area contributed by atoms with Crippen molar-refractivity contribution in [2.24, 2.45) is 11.7 Å². The van der Waals surface area contributed by atoms with Gasteiger partial charge in [0.2, 0.25) is 0 Å². The Morgan fingerprint density at radius 2 is 2.14 bits per heavy atom. The quantitative estimate of drug-likeness (QED) is 0.783. The Morgan fingerprint density at radius 1 is 1.43 bits per heavy atom. The SMILES string of the molecule is CC(C)CCCn1cncc1[C@H](C)N. The molecule has 0 radical (unpaired) electrons. The van der Waals surface area contributed by atoms with Crippen molar-refractivity contribution in [3.63, 3.8) is 0 Å². The fourth-order valence-electron chi connectivity index (χ4n) is 1.57. The molecule has 0 aliphatic heterocycles. The summed E-state index contributed by atoms with van der Waals surface area (Å²) in [5.74, 6) is 0.775. The van der Waals surface area contributed by atoms with Gasteiger partial charge in [0.05, 0.1) is 12.0 Å². The lowest BCUT2D eigenvalue weighted by Gasteiger charge is -2.11. The Morgan fingerprint density at radius 3 is 2.71 bits per heavy atom. The third-order valence-corrected chi connectivity index (χ3v) is 2.39. The summed E-state index contributed by atoms with van der Waals surface area (Å²) in [5.41, 5.74) is 6.96. The van der Waals surface area contributed by atoms with Gasteiger partial charge in [0.1, 0.15) is 0 Å². The molecule has 3 nitrogen and oxygen atoms in total. The first-order valence-corrected chi connectivity index (χ1v) is 5.37. The van der Waals surface area contributed by atoms with Crippen LogP contribution in [0.15, 0.2) is 12.5 Å². The number of hydrogen-bond donors (Lipinski definition) is 1. The normalized spacial score (nSPS) is 13.5. The van der Waals surface area contributed by atoms with Crippen LogP contribution >= 0.6 is 0 Å². The smallest absolute Gasteiger partial charge is 0.0948 e. The van der Waals surface area contributed by atoms with Crippen LogP contribution in [0.5, 0.6) is 0 Å². The highest BCUT2D eigenvalue weighted by Gasteiger charge is 2.05. The molecular formula is C11H21N3. The second-order valence-electron chi connectivity index (χ2n) is 4.34. The number of hydrogen-bond acceptors (Lipinski definition) is 2. The summed E-state index contributed by atoms with van der Waals surface area (Å²) in [6.45, 7) is 7.53. The minimum atomic E-state index is 0.0801. The standard InChI is InChI=1S/C11H21N3/c1-9(2)5-4-6-14-8-13-7-11(14)10(3)12/h7-10H,4-6,12H2,1-3H3/t10-/m0/s1. The monoisotopic (exact) mass is 195 g/mol. The fraction of sp³-hybridized carbons (Fsp3) is 0.727. The molecule has 1 aromatic heterocycles. The average molecular weight is 195 g/mol. The van der Waals surface area contributed by atoms with Crippen molar-refractivity contribution >= 4 is 0 Å². The van der Waals surface area contributed by atoms with Gasteiger partial charge in [0.25, 0.3) is 0 Å². The number of rotatable bonds is 5. The van der Waals surface area contributed by atoms with E-state index in [1.165, 1.54) is 12.8 Å². The molecule has 0 unspecified atom stereocenters. The molecule has 1 atom stereocenters. The number of aromatic nitrogens is 2. The van der Waals surface area contributed by atoms with Gasteiger partial charge in [-0.2, -0.15) is 0 Å².